The monoisotopic (exact) mass is 778 g/mol. The van der Waals surface area contributed by atoms with Gasteiger partial charge in [-0.2, -0.15) is 0 Å². The highest BCUT2D eigenvalue weighted by Crippen LogP contribution is 2.57. The maximum atomic E-state index is 13.7. The molecule has 2 N–H and O–H groups in total. The van der Waals surface area contributed by atoms with E-state index in [0.717, 1.165) is 32.1 Å². The molecule has 0 unspecified atom stereocenters. The fourth-order valence-corrected chi connectivity index (χ4v) is 11.0. The van der Waals surface area contributed by atoms with Crippen LogP contribution in [0.3, 0.4) is 0 Å². The van der Waals surface area contributed by atoms with Gasteiger partial charge in [-0.05, 0) is 76.2 Å². The molecule has 1 saturated carbocycles. The summed E-state index contributed by atoms with van der Waals surface area (Å²) in [7, 11) is 3.22. The minimum Gasteiger partial charge on any atom is -0.469 e. The van der Waals surface area contributed by atoms with Gasteiger partial charge in [-0.15, -0.1) is 0 Å². The lowest BCUT2D eigenvalue weighted by molar-refractivity contribution is -0.337. The Morgan fingerprint density at radius 2 is 1.51 bits per heavy atom. The molecule has 8 aliphatic rings. The molecule has 0 radical (unpaired) electrons. The number of hydrogen-bond acceptors (Lipinski definition) is 14. The minimum absolute atomic E-state index is 0.0253. The number of carbonyl (C=O) groups excluding carboxylic acids is 1. The van der Waals surface area contributed by atoms with Crippen LogP contribution in [0.25, 0.3) is 0 Å². The van der Waals surface area contributed by atoms with Crippen LogP contribution in [0.5, 0.6) is 0 Å². The summed E-state index contributed by atoms with van der Waals surface area (Å²) in [5, 5.41) is 21.5. The van der Waals surface area contributed by atoms with Gasteiger partial charge in [0.2, 0.25) is 5.79 Å². The van der Waals surface area contributed by atoms with Crippen LogP contribution >= 0.6 is 0 Å². The van der Waals surface area contributed by atoms with E-state index in [1.54, 1.807) is 21.1 Å². The van der Waals surface area contributed by atoms with Crippen molar-refractivity contribution in [2.45, 2.75) is 184 Å². The van der Waals surface area contributed by atoms with E-state index < -0.39 is 67.4 Å². The fraction of sp³-hybridized carbons (Fsp3) is 0.878. The molecule has 19 atom stereocenters. The predicted octanol–water partition coefficient (Wildman–Crippen LogP) is 4.03. The second kappa shape index (κ2) is 15.8. The fourth-order valence-electron chi connectivity index (χ4n) is 11.0. The van der Waals surface area contributed by atoms with E-state index in [4.69, 9.17) is 52.1 Å². The van der Waals surface area contributed by atoms with Crippen LogP contribution in [-0.4, -0.2) is 129 Å². The maximum absolute atomic E-state index is 13.7. The summed E-state index contributed by atoms with van der Waals surface area (Å²) in [5.41, 5.74) is 2.42. The third-order valence-corrected chi connectivity index (χ3v) is 14.2. The zero-order valence-corrected chi connectivity index (χ0v) is 33.3. The molecule has 0 spiro atoms. The van der Waals surface area contributed by atoms with Gasteiger partial charge < -0.3 is 62.3 Å². The molecule has 0 aromatic carbocycles. The van der Waals surface area contributed by atoms with Crippen LogP contribution in [0.1, 0.15) is 92.4 Å². The van der Waals surface area contributed by atoms with Crippen molar-refractivity contribution in [3.05, 3.63) is 23.5 Å². The van der Waals surface area contributed by atoms with Gasteiger partial charge in [0.15, 0.2) is 18.9 Å². The second-order valence-corrected chi connectivity index (χ2v) is 17.6. The minimum atomic E-state index is -0.866. The number of ether oxygens (including phenoxy) is 11. The van der Waals surface area contributed by atoms with Crippen molar-refractivity contribution in [2.75, 3.05) is 20.8 Å². The van der Waals surface area contributed by atoms with E-state index in [1.165, 1.54) is 11.1 Å². The molecule has 0 amide bonds. The first-order valence-electron chi connectivity index (χ1n) is 20.5. The topological polar surface area (TPSA) is 159 Å². The number of allylic oxidation sites excluding steroid dienone is 1. The molecule has 8 rings (SSSR count). The summed E-state index contributed by atoms with van der Waals surface area (Å²) >= 11 is 0. The van der Waals surface area contributed by atoms with Gasteiger partial charge in [0.25, 0.3) is 0 Å². The van der Waals surface area contributed by atoms with E-state index in [0.29, 0.717) is 25.9 Å². The number of aliphatic hydroxyl groups is 2. The summed E-state index contributed by atoms with van der Waals surface area (Å²) in [6.07, 6.45) is 3.21. The third-order valence-electron chi connectivity index (χ3n) is 14.2. The van der Waals surface area contributed by atoms with Gasteiger partial charge >= 0.3 is 5.97 Å². The van der Waals surface area contributed by atoms with Crippen molar-refractivity contribution in [3.63, 3.8) is 0 Å². The summed E-state index contributed by atoms with van der Waals surface area (Å²) < 4.78 is 67.3. The maximum Gasteiger partial charge on any atom is 0.309 e. The van der Waals surface area contributed by atoms with Gasteiger partial charge in [-0.3, -0.25) is 4.79 Å². The molecule has 0 aromatic rings. The molecular formula is C41H62O14. The number of fused-ring (bicyclic) bond motifs is 3. The zero-order valence-electron chi connectivity index (χ0n) is 33.3. The molecule has 6 heterocycles. The van der Waals surface area contributed by atoms with E-state index in [9.17, 15) is 15.0 Å². The molecule has 0 bridgehead atoms. The van der Waals surface area contributed by atoms with Crippen LogP contribution < -0.4 is 0 Å². The Morgan fingerprint density at radius 3 is 2.25 bits per heavy atom. The van der Waals surface area contributed by atoms with Crippen molar-refractivity contribution in [3.8, 4) is 0 Å². The smallest absolute Gasteiger partial charge is 0.309 e. The number of esters is 1. The van der Waals surface area contributed by atoms with Crippen molar-refractivity contribution < 1.29 is 67.1 Å². The van der Waals surface area contributed by atoms with E-state index in [1.807, 2.05) is 27.0 Å². The van der Waals surface area contributed by atoms with Crippen LogP contribution in [0.2, 0.25) is 0 Å². The molecule has 0 aromatic heterocycles. The van der Waals surface area contributed by atoms with Gasteiger partial charge in [0, 0.05) is 40.4 Å². The molecule has 14 heteroatoms. The van der Waals surface area contributed by atoms with Gasteiger partial charge in [0.05, 0.1) is 67.4 Å². The molecular weight excluding hydrogens is 716 g/mol. The van der Waals surface area contributed by atoms with Gasteiger partial charge in [-0.25, -0.2) is 0 Å². The Balaban J connectivity index is 0.851. The normalized spacial score (nSPS) is 51.2. The highest BCUT2D eigenvalue weighted by atomic mass is 16.7. The number of carbonyl (C=O) groups is 1. The first-order valence-corrected chi connectivity index (χ1v) is 20.5. The molecule has 14 nitrogen and oxygen atoms in total. The average molecular weight is 779 g/mol. The number of rotatable bonds is 8. The Morgan fingerprint density at radius 1 is 0.836 bits per heavy atom. The molecule has 2 aliphatic carbocycles. The lowest BCUT2D eigenvalue weighted by Crippen LogP contribution is -2.56. The summed E-state index contributed by atoms with van der Waals surface area (Å²) in [5.74, 6) is -0.920. The van der Waals surface area contributed by atoms with Gasteiger partial charge in [-0.1, -0.05) is 18.6 Å². The Kier molecular flexibility index (Phi) is 11.5. The first kappa shape index (κ1) is 40.1. The van der Waals surface area contributed by atoms with Crippen LogP contribution in [0.4, 0.5) is 0 Å². The molecule has 6 fully saturated rings. The highest BCUT2D eigenvalue weighted by molar-refractivity contribution is 5.74. The lowest BCUT2D eigenvalue weighted by atomic mass is 9.55. The third kappa shape index (κ3) is 7.56. The summed E-state index contributed by atoms with van der Waals surface area (Å²) in [6, 6.07) is 0. The molecule has 55 heavy (non-hydrogen) atoms. The predicted molar refractivity (Wildman–Crippen MR) is 193 cm³/mol. The van der Waals surface area contributed by atoms with Crippen LogP contribution in [0, 0.1) is 23.2 Å². The lowest BCUT2D eigenvalue weighted by Gasteiger charge is -2.50. The Labute approximate surface area is 324 Å². The zero-order chi connectivity index (χ0) is 38.8. The van der Waals surface area contributed by atoms with Crippen molar-refractivity contribution in [2.24, 2.45) is 23.2 Å². The van der Waals surface area contributed by atoms with Crippen molar-refractivity contribution in [1.82, 2.24) is 0 Å². The SMILES string of the molecule is CO[C@H]1C[C@H](O[C@H]2[C@@H](O)C[C@H](O[C@H]3[C@@H](OC)C[C@H](O[C@H]4CC[C@@]5(C)C(=CC[C@H]6C(=O)O[C@@H]7CO[C@]8(C)OC=C(CC[C@@H]65)[C@H]78)C4)O[C@@H]3C)O[C@@H]2C)O[C@@H](C)[C@@H]1O. The van der Waals surface area contributed by atoms with Crippen molar-refractivity contribution >= 4 is 5.97 Å². The Hall–Kier alpha value is -1.69. The summed E-state index contributed by atoms with van der Waals surface area (Å²) in [4.78, 5) is 13.7. The Bertz CT molecular complexity index is 1440. The molecule has 6 aliphatic heterocycles. The number of aliphatic hydroxyl groups excluding tert-OH is 2. The molecule has 5 saturated heterocycles. The summed E-state index contributed by atoms with van der Waals surface area (Å²) in [6.45, 7) is 10.2. The van der Waals surface area contributed by atoms with Crippen molar-refractivity contribution in [1.29, 1.82) is 0 Å². The van der Waals surface area contributed by atoms with E-state index >= 15 is 0 Å². The number of hydrogen-bond donors (Lipinski definition) is 2. The second-order valence-electron chi connectivity index (χ2n) is 17.6. The molecule has 310 valence electrons. The van der Waals surface area contributed by atoms with E-state index in [2.05, 4.69) is 13.0 Å². The van der Waals surface area contributed by atoms with Gasteiger partial charge in [0.1, 0.15) is 24.4 Å². The first-order chi connectivity index (χ1) is 26.3. The highest BCUT2D eigenvalue weighted by Gasteiger charge is 2.58. The van der Waals surface area contributed by atoms with Crippen LogP contribution in [0.15, 0.2) is 23.5 Å². The van der Waals surface area contributed by atoms with Crippen LogP contribution in [-0.2, 0) is 56.9 Å². The largest absolute Gasteiger partial charge is 0.469 e. The van der Waals surface area contributed by atoms with E-state index in [-0.39, 0.29) is 60.0 Å². The quantitative estimate of drug-likeness (QED) is 0.269. The number of methoxy groups -OCH3 is 2. The average Bonchev–Trinajstić information content (AvgIpc) is 3.66. The standard InChI is InChI=1S/C41H62O14/c1-20-36(43)29(45-6)16-34(49-20)54-37-21(2)50-32(15-28(37)42)55-38-22(3)51-33(17-30(38)46-7)52-25-12-13-40(4)24(14-25)9-10-26-27(40)11-8-23-18-47-41(5)35(23)31(19-48-41)53-39(26)44/h9,18,20-22,25-38,42-43H,8,10-17,19H2,1-7H3/t20-,21+,22+,25-,26+,27-,28-,29-,30-,31+,32-,33-,34-,35+,36-,37+,38+,40-,41-/m0/s1.